The van der Waals surface area contributed by atoms with Gasteiger partial charge in [0.25, 0.3) is 0 Å². The SMILES string of the molecule is CC(C)=Cc1ccc2c(c1)C=C2. The van der Waals surface area contributed by atoms with E-state index >= 15 is 0 Å². The standard InChI is InChI=1S/C12H12/c1-9(2)7-10-3-4-11-5-6-12(11)8-10/h3-8H,1-2H3. The van der Waals surface area contributed by atoms with Gasteiger partial charge in [0.2, 0.25) is 0 Å². The molecule has 1 aromatic carbocycles. The summed E-state index contributed by atoms with van der Waals surface area (Å²) in [7, 11) is 0. The summed E-state index contributed by atoms with van der Waals surface area (Å²) in [6, 6.07) is 6.56. The molecule has 0 aliphatic heterocycles. The lowest BCUT2D eigenvalue weighted by atomic mass is 9.95. The minimum atomic E-state index is 1.30. The lowest BCUT2D eigenvalue weighted by molar-refractivity contribution is 1.42. The fraction of sp³-hybridized carbons (Fsp3) is 0.167. The van der Waals surface area contributed by atoms with Gasteiger partial charge in [-0.05, 0) is 36.6 Å². The van der Waals surface area contributed by atoms with E-state index in [1.807, 2.05) is 0 Å². The van der Waals surface area contributed by atoms with Gasteiger partial charge in [-0.1, -0.05) is 35.9 Å². The summed E-state index contributed by atoms with van der Waals surface area (Å²) in [6.07, 6.45) is 6.49. The summed E-state index contributed by atoms with van der Waals surface area (Å²) < 4.78 is 0. The average molecular weight is 156 g/mol. The Morgan fingerprint density at radius 3 is 2.33 bits per heavy atom. The van der Waals surface area contributed by atoms with Gasteiger partial charge < -0.3 is 0 Å². The molecule has 0 fully saturated rings. The third kappa shape index (κ3) is 1.20. The van der Waals surface area contributed by atoms with Crippen LogP contribution in [0.5, 0.6) is 0 Å². The van der Waals surface area contributed by atoms with E-state index in [1.54, 1.807) is 0 Å². The van der Waals surface area contributed by atoms with Crippen LogP contribution in [0.2, 0.25) is 0 Å². The van der Waals surface area contributed by atoms with Crippen LogP contribution in [0.25, 0.3) is 18.2 Å². The Hall–Kier alpha value is -1.30. The second-order valence-corrected chi connectivity index (χ2v) is 3.44. The molecule has 0 atom stereocenters. The Morgan fingerprint density at radius 2 is 1.83 bits per heavy atom. The number of fused-ring (bicyclic) bond motifs is 1. The highest BCUT2D eigenvalue weighted by Gasteiger charge is 2.03. The predicted molar refractivity (Wildman–Crippen MR) is 54.7 cm³/mol. The molecule has 60 valence electrons. The van der Waals surface area contributed by atoms with Crippen LogP contribution in [0.4, 0.5) is 0 Å². The summed E-state index contributed by atoms with van der Waals surface area (Å²) >= 11 is 0. The molecule has 0 aromatic heterocycles. The first kappa shape index (κ1) is 7.35. The van der Waals surface area contributed by atoms with Gasteiger partial charge in [0, 0.05) is 0 Å². The maximum Gasteiger partial charge on any atom is -0.0178 e. The highest BCUT2D eigenvalue weighted by molar-refractivity contribution is 5.86. The molecule has 0 saturated heterocycles. The zero-order valence-electron chi connectivity index (χ0n) is 7.46. The van der Waals surface area contributed by atoms with Gasteiger partial charge in [-0.25, -0.2) is 0 Å². The van der Waals surface area contributed by atoms with Gasteiger partial charge in [-0.15, -0.1) is 0 Å². The topological polar surface area (TPSA) is 0 Å². The van der Waals surface area contributed by atoms with Crippen LogP contribution < -0.4 is 0 Å². The van der Waals surface area contributed by atoms with Crippen molar-refractivity contribution in [1.82, 2.24) is 0 Å². The van der Waals surface area contributed by atoms with E-state index in [0.29, 0.717) is 0 Å². The van der Waals surface area contributed by atoms with Crippen LogP contribution >= 0.6 is 0 Å². The zero-order chi connectivity index (χ0) is 8.55. The van der Waals surface area contributed by atoms with Crippen molar-refractivity contribution in [2.45, 2.75) is 13.8 Å². The van der Waals surface area contributed by atoms with Crippen LogP contribution in [0, 0.1) is 0 Å². The summed E-state index contributed by atoms with van der Waals surface area (Å²) in [6.45, 7) is 4.24. The zero-order valence-corrected chi connectivity index (χ0v) is 7.46. The van der Waals surface area contributed by atoms with Gasteiger partial charge in [-0.3, -0.25) is 0 Å². The Balaban J connectivity index is 2.38. The summed E-state index contributed by atoms with van der Waals surface area (Å²) in [5.74, 6) is 0. The van der Waals surface area contributed by atoms with Gasteiger partial charge in [0.1, 0.15) is 0 Å². The summed E-state index contributed by atoms with van der Waals surface area (Å²) in [5, 5.41) is 0. The van der Waals surface area contributed by atoms with Crippen molar-refractivity contribution < 1.29 is 0 Å². The fourth-order valence-corrected chi connectivity index (χ4v) is 1.40. The third-order valence-corrected chi connectivity index (χ3v) is 2.01. The van der Waals surface area contributed by atoms with Crippen molar-refractivity contribution in [3.05, 3.63) is 40.5 Å². The van der Waals surface area contributed by atoms with Crippen molar-refractivity contribution in [2.24, 2.45) is 0 Å². The quantitative estimate of drug-likeness (QED) is 0.591. The minimum absolute atomic E-state index is 1.30. The monoisotopic (exact) mass is 156 g/mol. The molecule has 0 heterocycles. The van der Waals surface area contributed by atoms with Crippen molar-refractivity contribution in [3.63, 3.8) is 0 Å². The molecule has 0 N–H and O–H groups in total. The number of hydrogen-bond acceptors (Lipinski definition) is 0. The molecule has 0 amide bonds. The second kappa shape index (κ2) is 2.63. The van der Waals surface area contributed by atoms with Gasteiger partial charge in [0.15, 0.2) is 0 Å². The number of hydrogen-bond donors (Lipinski definition) is 0. The van der Waals surface area contributed by atoms with Crippen LogP contribution in [0.1, 0.15) is 30.5 Å². The van der Waals surface area contributed by atoms with Crippen LogP contribution in [0.15, 0.2) is 23.8 Å². The maximum absolute atomic E-state index is 2.22. The van der Waals surface area contributed by atoms with E-state index in [2.05, 4.69) is 50.3 Å². The average Bonchev–Trinajstić information content (AvgIpc) is 1.94. The summed E-state index contributed by atoms with van der Waals surface area (Å²) in [5.41, 5.74) is 5.38. The van der Waals surface area contributed by atoms with Crippen molar-refractivity contribution >= 4 is 18.2 Å². The van der Waals surface area contributed by atoms with E-state index in [0.717, 1.165) is 0 Å². The number of benzene rings is 1. The van der Waals surface area contributed by atoms with Crippen molar-refractivity contribution in [1.29, 1.82) is 0 Å². The highest BCUT2D eigenvalue weighted by atomic mass is 14.1. The fourth-order valence-electron chi connectivity index (χ4n) is 1.40. The Bertz CT molecular complexity index is 364. The molecule has 2 rings (SSSR count). The van der Waals surface area contributed by atoms with Crippen molar-refractivity contribution in [2.75, 3.05) is 0 Å². The van der Waals surface area contributed by atoms with Crippen molar-refractivity contribution in [3.8, 4) is 0 Å². The molecule has 0 radical (unpaired) electrons. The first-order chi connectivity index (χ1) is 5.75. The molecule has 0 bridgehead atoms. The van der Waals surface area contributed by atoms with Crippen LogP contribution in [0.3, 0.4) is 0 Å². The Morgan fingerprint density at radius 1 is 1.08 bits per heavy atom. The molecule has 1 aliphatic carbocycles. The predicted octanol–water partition coefficient (Wildman–Crippen LogP) is 3.59. The maximum atomic E-state index is 2.22. The normalized spacial score (nSPS) is 11.8. The first-order valence-corrected chi connectivity index (χ1v) is 4.23. The highest BCUT2D eigenvalue weighted by Crippen LogP contribution is 2.24. The lowest BCUT2D eigenvalue weighted by Crippen LogP contribution is -1.89. The van der Waals surface area contributed by atoms with E-state index < -0.39 is 0 Å². The van der Waals surface area contributed by atoms with Crippen LogP contribution in [-0.2, 0) is 0 Å². The van der Waals surface area contributed by atoms with E-state index in [-0.39, 0.29) is 0 Å². The molecule has 0 nitrogen and oxygen atoms in total. The minimum Gasteiger partial charge on any atom is -0.0758 e. The number of rotatable bonds is 1. The first-order valence-electron chi connectivity index (χ1n) is 4.23. The summed E-state index contributed by atoms with van der Waals surface area (Å²) in [4.78, 5) is 0. The molecular weight excluding hydrogens is 144 g/mol. The molecule has 0 heteroatoms. The van der Waals surface area contributed by atoms with E-state index in [4.69, 9.17) is 0 Å². The lowest BCUT2D eigenvalue weighted by Gasteiger charge is -2.10. The molecule has 1 aromatic rings. The number of allylic oxidation sites excluding steroid dienone is 1. The molecule has 1 aliphatic rings. The Kier molecular flexibility index (Phi) is 1.61. The third-order valence-electron chi connectivity index (χ3n) is 2.01. The smallest absolute Gasteiger partial charge is 0.0178 e. The van der Waals surface area contributed by atoms with Gasteiger partial charge in [0.05, 0.1) is 0 Å². The second-order valence-electron chi connectivity index (χ2n) is 3.44. The van der Waals surface area contributed by atoms with E-state index in [1.165, 1.54) is 22.3 Å². The Labute approximate surface area is 73.2 Å². The molecule has 0 spiro atoms. The molecule has 0 unspecified atom stereocenters. The molecule has 0 saturated carbocycles. The van der Waals surface area contributed by atoms with Gasteiger partial charge in [-0.2, -0.15) is 0 Å². The van der Waals surface area contributed by atoms with Gasteiger partial charge >= 0.3 is 0 Å². The van der Waals surface area contributed by atoms with Crippen LogP contribution in [-0.4, -0.2) is 0 Å². The largest absolute Gasteiger partial charge is 0.0758 e. The molecular formula is C12H12. The van der Waals surface area contributed by atoms with E-state index in [9.17, 15) is 0 Å². The molecule has 12 heavy (non-hydrogen) atoms.